The fourth-order valence-corrected chi connectivity index (χ4v) is 1.60. The summed E-state index contributed by atoms with van der Waals surface area (Å²) in [7, 11) is 0. The predicted octanol–water partition coefficient (Wildman–Crippen LogP) is 2.20. The van der Waals surface area contributed by atoms with Crippen molar-refractivity contribution in [2.24, 2.45) is 0 Å². The Labute approximate surface area is 94.9 Å². The van der Waals surface area contributed by atoms with Crippen molar-refractivity contribution >= 4 is 12.0 Å². The normalized spacial score (nSPS) is 18.1. The minimum absolute atomic E-state index is 0.269. The molecule has 0 bridgehead atoms. The van der Waals surface area contributed by atoms with Gasteiger partial charge in [0.1, 0.15) is 0 Å². The largest absolute Gasteiger partial charge is 0.432 e. The summed E-state index contributed by atoms with van der Waals surface area (Å²) < 4.78 is 5.12. The first-order valence-electron chi connectivity index (χ1n) is 4.85. The Balaban J connectivity index is 3.00. The molecule has 1 aliphatic rings. The van der Waals surface area contributed by atoms with E-state index in [2.05, 4.69) is 19.7 Å². The first-order chi connectivity index (χ1) is 7.61. The lowest BCUT2D eigenvalue weighted by Crippen LogP contribution is -2.39. The number of carbonyl (C=O) groups excluding carboxylic acids is 2. The Bertz CT molecular complexity index is 336. The van der Waals surface area contributed by atoms with E-state index in [0.717, 1.165) is 4.90 Å². The van der Waals surface area contributed by atoms with Crippen molar-refractivity contribution < 1.29 is 14.3 Å². The molecule has 1 saturated heterocycles. The average Bonchev–Trinajstić information content (AvgIpc) is 2.45. The maximum absolute atomic E-state index is 12.0. The Hall–Kier alpha value is -1.84. The fourth-order valence-electron chi connectivity index (χ4n) is 1.60. The summed E-state index contributed by atoms with van der Waals surface area (Å²) in [5.41, 5.74) is -1.18. The highest BCUT2D eigenvalue weighted by Gasteiger charge is 2.51. The quantitative estimate of drug-likeness (QED) is 0.645. The number of nitrogens with zero attached hydrogens (tertiary/aromatic N) is 1. The Morgan fingerprint density at radius 1 is 1.19 bits per heavy atom. The number of cyclic esters (lactones) is 1. The van der Waals surface area contributed by atoms with E-state index in [1.165, 1.54) is 12.6 Å². The number of hydrogen-bond acceptors (Lipinski definition) is 3. The number of ether oxygens (including phenoxy) is 1. The second-order valence-electron chi connectivity index (χ2n) is 3.41. The van der Waals surface area contributed by atoms with Crippen molar-refractivity contribution in [3.05, 3.63) is 44.5 Å². The van der Waals surface area contributed by atoms with E-state index < -0.39 is 17.6 Å². The standard InChI is InChI=1S/C12H14NO3/c1-4-7-12(8-5-2)10(14)13(9-6-3)11(15)16-12/h4-6,9H,1-3,7-8H2. The maximum atomic E-state index is 12.0. The molecule has 0 aliphatic carbocycles. The average molecular weight is 220 g/mol. The zero-order valence-electron chi connectivity index (χ0n) is 9.02. The molecule has 0 aromatic heterocycles. The number of rotatable bonds is 6. The van der Waals surface area contributed by atoms with Crippen LogP contribution in [0.1, 0.15) is 12.8 Å². The van der Waals surface area contributed by atoms with Gasteiger partial charge in [-0.05, 0) is 0 Å². The SMILES string of the molecule is C=C[CH]N1C(=O)OC(CC=C)(CC=C)C1=O. The molecule has 4 nitrogen and oxygen atoms in total. The topological polar surface area (TPSA) is 46.6 Å². The summed E-state index contributed by atoms with van der Waals surface area (Å²) in [5, 5.41) is 0. The molecule has 1 heterocycles. The van der Waals surface area contributed by atoms with Gasteiger partial charge in [0.05, 0.1) is 6.54 Å². The van der Waals surface area contributed by atoms with E-state index in [1.54, 1.807) is 12.2 Å². The molecule has 0 atom stereocenters. The third-order valence-electron chi connectivity index (χ3n) is 2.29. The summed E-state index contributed by atoms with van der Waals surface area (Å²) in [6.45, 7) is 11.8. The number of amides is 2. The van der Waals surface area contributed by atoms with Gasteiger partial charge in [-0.15, -0.1) is 19.7 Å². The second kappa shape index (κ2) is 4.79. The molecule has 0 aromatic carbocycles. The molecule has 0 spiro atoms. The first kappa shape index (κ1) is 12.2. The van der Waals surface area contributed by atoms with Crippen LogP contribution in [0.4, 0.5) is 4.79 Å². The maximum Gasteiger partial charge on any atom is 0.418 e. The Morgan fingerprint density at radius 3 is 2.19 bits per heavy atom. The number of carbonyl (C=O) groups is 2. The molecule has 1 fully saturated rings. The van der Waals surface area contributed by atoms with Crippen molar-refractivity contribution in [1.82, 2.24) is 4.90 Å². The van der Waals surface area contributed by atoms with Crippen LogP contribution in [-0.4, -0.2) is 22.5 Å². The lowest BCUT2D eigenvalue weighted by molar-refractivity contribution is -0.135. The summed E-state index contributed by atoms with van der Waals surface area (Å²) >= 11 is 0. The van der Waals surface area contributed by atoms with Crippen LogP contribution in [-0.2, 0) is 9.53 Å². The molecule has 2 amide bonds. The second-order valence-corrected chi connectivity index (χ2v) is 3.41. The van der Waals surface area contributed by atoms with Crippen LogP contribution in [0.15, 0.2) is 38.0 Å². The number of imide groups is 1. The molecule has 0 saturated carbocycles. The first-order valence-corrected chi connectivity index (χ1v) is 4.85. The van der Waals surface area contributed by atoms with Gasteiger partial charge in [-0.1, -0.05) is 18.2 Å². The van der Waals surface area contributed by atoms with Crippen LogP contribution >= 0.6 is 0 Å². The summed E-state index contributed by atoms with van der Waals surface area (Å²) in [6.07, 6.45) is 4.30. The molecule has 1 rings (SSSR count). The third-order valence-corrected chi connectivity index (χ3v) is 2.29. The van der Waals surface area contributed by atoms with Crippen LogP contribution in [0.3, 0.4) is 0 Å². The zero-order chi connectivity index (χ0) is 12.2. The molecular formula is C12H14NO3. The minimum atomic E-state index is -1.18. The van der Waals surface area contributed by atoms with Gasteiger partial charge in [0.25, 0.3) is 5.91 Å². The van der Waals surface area contributed by atoms with Gasteiger partial charge in [0, 0.05) is 12.8 Å². The third kappa shape index (κ3) is 1.91. The predicted molar refractivity (Wildman–Crippen MR) is 60.2 cm³/mol. The molecule has 85 valence electrons. The van der Waals surface area contributed by atoms with E-state index >= 15 is 0 Å². The van der Waals surface area contributed by atoms with E-state index in [4.69, 9.17) is 4.74 Å². The van der Waals surface area contributed by atoms with E-state index in [0.29, 0.717) is 0 Å². The lowest BCUT2D eigenvalue weighted by atomic mass is 9.94. The highest BCUT2D eigenvalue weighted by Crippen LogP contribution is 2.32. The molecule has 0 aromatic rings. The van der Waals surface area contributed by atoms with Crippen LogP contribution in [0.25, 0.3) is 0 Å². The molecule has 4 heteroatoms. The van der Waals surface area contributed by atoms with Gasteiger partial charge in [-0.2, -0.15) is 0 Å². The summed E-state index contributed by atoms with van der Waals surface area (Å²) in [4.78, 5) is 24.4. The Kier molecular flexibility index (Phi) is 3.66. The van der Waals surface area contributed by atoms with Crippen LogP contribution in [0.2, 0.25) is 0 Å². The molecule has 0 N–H and O–H groups in total. The summed E-state index contributed by atoms with van der Waals surface area (Å²) in [6, 6.07) is 0. The van der Waals surface area contributed by atoms with Gasteiger partial charge in [0.2, 0.25) is 0 Å². The van der Waals surface area contributed by atoms with Gasteiger partial charge in [-0.25, -0.2) is 9.69 Å². The lowest BCUT2D eigenvalue weighted by Gasteiger charge is -2.21. The van der Waals surface area contributed by atoms with Gasteiger partial charge in [0.15, 0.2) is 5.60 Å². The van der Waals surface area contributed by atoms with Gasteiger partial charge in [-0.3, -0.25) is 4.79 Å². The molecule has 16 heavy (non-hydrogen) atoms. The van der Waals surface area contributed by atoms with Crippen LogP contribution in [0, 0.1) is 6.54 Å². The van der Waals surface area contributed by atoms with E-state index in [-0.39, 0.29) is 12.8 Å². The molecule has 1 aliphatic heterocycles. The molecule has 0 unspecified atom stereocenters. The van der Waals surface area contributed by atoms with Gasteiger partial charge >= 0.3 is 6.09 Å². The highest BCUT2D eigenvalue weighted by molar-refractivity contribution is 6.04. The smallest absolute Gasteiger partial charge is 0.418 e. The van der Waals surface area contributed by atoms with Crippen LogP contribution in [0.5, 0.6) is 0 Å². The zero-order valence-corrected chi connectivity index (χ0v) is 9.02. The highest BCUT2D eigenvalue weighted by atomic mass is 16.6. The Morgan fingerprint density at radius 2 is 1.75 bits per heavy atom. The fraction of sp³-hybridized carbons (Fsp3) is 0.250. The van der Waals surface area contributed by atoms with E-state index in [9.17, 15) is 9.59 Å². The molecule has 1 radical (unpaired) electrons. The van der Waals surface area contributed by atoms with Crippen molar-refractivity contribution in [2.75, 3.05) is 0 Å². The van der Waals surface area contributed by atoms with Crippen LogP contribution < -0.4 is 0 Å². The van der Waals surface area contributed by atoms with Gasteiger partial charge < -0.3 is 4.74 Å². The van der Waals surface area contributed by atoms with Crippen molar-refractivity contribution in [1.29, 1.82) is 0 Å². The van der Waals surface area contributed by atoms with Crippen molar-refractivity contribution in [2.45, 2.75) is 18.4 Å². The molecular weight excluding hydrogens is 206 g/mol. The minimum Gasteiger partial charge on any atom is -0.432 e. The summed E-state index contributed by atoms with van der Waals surface area (Å²) in [5.74, 6) is -0.405. The monoisotopic (exact) mass is 220 g/mol. The number of hydrogen-bond donors (Lipinski definition) is 0. The van der Waals surface area contributed by atoms with Crippen molar-refractivity contribution in [3.8, 4) is 0 Å². The van der Waals surface area contributed by atoms with E-state index in [1.807, 2.05) is 0 Å². The van der Waals surface area contributed by atoms with Crippen molar-refractivity contribution in [3.63, 3.8) is 0 Å².